The second kappa shape index (κ2) is 9.07. The first kappa shape index (κ1) is 19.4. The zero-order valence-corrected chi connectivity index (χ0v) is 15.8. The summed E-state index contributed by atoms with van der Waals surface area (Å²) >= 11 is 0. The number of halogens is 2. The average Bonchev–Trinajstić information content (AvgIpc) is 3.19. The summed E-state index contributed by atoms with van der Waals surface area (Å²) in [6.07, 6.45) is 5.90. The Balaban J connectivity index is 1.23. The van der Waals surface area contributed by atoms with E-state index in [-0.39, 0.29) is 18.0 Å². The van der Waals surface area contributed by atoms with Gasteiger partial charge in [0.15, 0.2) is 11.6 Å². The summed E-state index contributed by atoms with van der Waals surface area (Å²) in [6, 6.07) is 3.57. The molecule has 2 aliphatic rings. The predicted octanol–water partition coefficient (Wildman–Crippen LogP) is 3.56. The minimum absolute atomic E-state index is 0.250. The number of likely N-dealkylation sites (tertiary alicyclic amines) is 1. The van der Waals surface area contributed by atoms with Gasteiger partial charge in [0.2, 0.25) is 11.7 Å². The molecule has 2 aromatic rings. The lowest BCUT2D eigenvalue weighted by molar-refractivity contribution is -0.0756. The van der Waals surface area contributed by atoms with Crippen molar-refractivity contribution >= 4 is 0 Å². The van der Waals surface area contributed by atoms with E-state index in [1.54, 1.807) is 0 Å². The number of aromatic nitrogens is 2. The number of hydrogen-bond acceptors (Lipinski definition) is 6. The van der Waals surface area contributed by atoms with Crippen LogP contribution in [0.4, 0.5) is 8.78 Å². The Morgan fingerprint density at radius 1 is 1.11 bits per heavy atom. The van der Waals surface area contributed by atoms with Gasteiger partial charge in [0.05, 0.1) is 25.4 Å². The molecule has 3 heterocycles. The normalized spacial score (nSPS) is 21.9. The van der Waals surface area contributed by atoms with Crippen molar-refractivity contribution < 1.29 is 22.8 Å². The van der Waals surface area contributed by atoms with E-state index >= 15 is 0 Å². The van der Waals surface area contributed by atoms with Crippen molar-refractivity contribution in [2.45, 2.75) is 50.9 Å². The van der Waals surface area contributed by atoms with Crippen LogP contribution < -0.4 is 0 Å². The Kier molecular flexibility index (Phi) is 6.29. The van der Waals surface area contributed by atoms with Crippen molar-refractivity contribution in [2.24, 2.45) is 0 Å². The molecule has 0 radical (unpaired) electrons. The van der Waals surface area contributed by atoms with Crippen LogP contribution in [-0.4, -0.2) is 53.6 Å². The highest BCUT2D eigenvalue weighted by atomic mass is 19.2. The van der Waals surface area contributed by atoms with Crippen molar-refractivity contribution in [1.82, 2.24) is 15.0 Å². The third kappa shape index (κ3) is 4.92. The molecule has 0 aliphatic carbocycles. The molecule has 8 heteroatoms. The minimum Gasteiger partial charge on any atom is -0.376 e. The van der Waals surface area contributed by atoms with Gasteiger partial charge in [-0.1, -0.05) is 5.16 Å². The van der Waals surface area contributed by atoms with Crippen molar-refractivity contribution in [2.75, 3.05) is 26.3 Å². The third-order valence-corrected chi connectivity index (χ3v) is 5.33. The van der Waals surface area contributed by atoms with Gasteiger partial charge in [-0.15, -0.1) is 0 Å². The maximum atomic E-state index is 13.4. The number of benzene rings is 1. The zero-order valence-electron chi connectivity index (χ0n) is 15.8. The maximum absolute atomic E-state index is 13.4. The van der Waals surface area contributed by atoms with E-state index in [2.05, 4.69) is 15.0 Å². The standard InChI is InChI=1S/C20H25F2N3O3/c21-17-5-4-14(11-18(17)22)20-23-19(28-24-20)12-25-8-6-15(7-9-25)27-13-16-3-1-2-10-26-16/h4-5,11,15-16H,1-3,6-10,12-13H2. The third-order valence-electron chi connectivity index (χ3n) is 5.33. The molecule has 0 amide bonds. The van der Waals surface area contributed by atoms with E-state index in [4.69, 9.17) is 14.0 Å². The quantitative estimate of drug-likeness (QED) is 0.748. The molecule has 1 unspecified atom stereocenters. The molecule has 1 aromatic heterocycles. The summed E-state index contributed by atoms with van der Waals surface area (Å²) in [5.74, 6) is -1.09. The number of hydrogen-bond donors (Lipinski definition) is 0. The van der Waals surface area contributed by atoms with Gasteiger partial charge in [0.25, 0.3) is 0 Å². The van der Waals surface area contributed by atoms with Crippen LogP contribution in [0.15, 0.2) is 22.7 Å². The van der Waals surface area contributed by atoms with Crippen LogP contribution in [0.5, 0.6) is 0 Å². The van der Waals surface area contributed by atoms with Gasteiger partial charge in [0.1, 0.15) is 0 Å². The fraction of sp³-hybridized carbons (Fsp3) is 0.600. The van der Waals surface area contributed by atoms with Crippen LogP contribution in [-0.2, 0) is 16.0 Å². The Bertz CT molecular complexity index is 772. The van der Waals surface area contributed by atoms with Crippen molar-refractivity contribution in [3.63, 3.8) is 0 Å². The first-order valence-corrected chi connectivity index (χ1v) is 9.91. The van der Waals surface area contributed by atoms with Gasteiger partial charge < -0.3 is 14.0 Å². The van der Waals surface area contributed by atoms with Crippen LogP contribution in [0.25, 0.3) is 11.4 Å². The molecule has 1 atom stereocenters. The molecule has 1 aromatic carbocycles. The lowest BCUT2D eigenvalue weighted by Gasteiger charge is -2.32. The Hall–Kier alpha value is -1.90. The van der Waals surface area contributed by atoms with Gasteiger partial charge in [-0.2, -0.15) is 4.98 Å². The van der Waals surface area contributed by atoms with Crippen LogP contribution >= 0.6 is 0 Å². The molecule has 0 spiro atoms. The highest BCUT2D eigenvalue weighted by Gasteiger charge is 2.23. The number of rotatable bonds is 6. The van der Waals surface area contributed by atoms with Crippen molar-refractivity contribution in [1.29, 1.82) is 0 Å². The van der Waals surface area contributed by atoms with Crippen LogP contribution in [0.1, 0.15) is 38.0 Å². The highest BCUT2D eigenvalue weighted by molar-refractivity contribution is 5.54. The topological polar surface area (TPSA) is 60.6 Å². The van der Waals surface area contributed by atoms with E-state index in [9.17, 15) is 8.78 Å². The molecule has 6 nitrogen and oxygen atoms in total. The molecule has 0 saturated carbocycles. The smallest absolute Gasteiger partial charge is 0.241 e. The largest absolute Gasteiger partial charge is 0.376 e. The van der Waals surface area contributed by atoms with Crippen LogP contribution in [0, 0.1) is 11.6 Å². The van der Waals surface area contributed by atoms with Crippen LogP contribution in [0.2, 0.25) is 0 Å². The van der Waals surface area contributed by atoms with E-state index in [1.165, 1.54) is 12.5 Å². The molecule has 0 N–H and O–H groups in total. The fourth-order valence-electron chi connectivity index (χ4n) is 3.68. The van der Waals surface area contributed by atoms with E-state index in [1.807, 2.05) is 0 Å². The summed E-state index contributed by atoms with van der Waals surface area (Å²) in [7, 11) is 0. The first-order chi connectivity index (χ1) is 13.7. The Morgan fingerprint density at radius 2 is 1.96 bits per heavy atom. The second-order valence-corrected chi connectivity index (χ2v) is 7.44. The summed E-state index contributed by atoms with van der Waals surface area (Å²) < 4.78 is 43.5. The van der Waals surface area contributed by atoms with Gasteiger partial charge in [-0.05, 0) is 50.3 Å². The predicted molar refractivity (Wildman–Crippen MR) is 97.5 cm³/mol. The number of piperidine rings is 1. The summed E-state index contributed by atoms with van der Waals surface area (Å²) in [5.41, 5.74) is 0.394. The number of ether oxygens (including phenoxy) is 2. The average molecular weight is 393 g/mol. The maximum Gasteiger partial charge on any atom is 0.241 e. The Morgan fingerprint density at radius 3 is 2.71 bits per heavy atom. The fourth-order valence-corrected chi connectivity index (χ4v) is 3.68. The molecule has 0 bridgehead atoms. The van der Waals surface area contributed by atoms with E-state index in [0.717, 1.165) is 57.5 Å². The van der Waals surface area contributed by atoms with Crippen LogP contribution in [0.3, 0.4) is 0 Å². The molecular weight excluding hydrogens is 368 g/mol. The highest BCUT2D eigenvalue weighted by Crippen LogP contribution is 2.21. The summed E-state index contributed by atoms with van der Waals surface area (Å²) in [4.78, 5) is 6.54. The molecule has 28 heavy (non-hydrogen) atoms. The number of nitrogens with zero attached hydrogens (tertiary/aromatic N) is 3. The van der Waals surface area contributed by atoms with Gasteiger partial charge in [-0.3, -0.25) is 4.90 Å². The lowest BCUT2D eigenvalue weighted by atomic mass is 10.1. The Labute approximate surface area is 162 Å². The minimum atomic E-state index is -0.926. The van der Waals surface area contributed by atoms with Crippen molar-refractivity contribution in [3.05, 3.63) is 35.7 Å². The first-order valence-electron chi connectivity index (χ1n) is 9.91. The van der Waals surface area contributed by atoms with Gasteiger partial charge in [0, 0.05) is 25.3 Å². The van der Waals surface area contributed by atoms with E-state index < -0.39 is 11.6 Å². The summed E-state index contributed by atoms with van der Waals surface area (Å²) in [6.45, 7) is 3.85. The van der Waals surface area contributed by atoms with Crippen molar-refractivity contribution in [3.8, 4) is 11.4 Å². The molecule has 152 valence electrons. The molecule has 2 aliphatic heterocycles. The summed E-state index contributed by atoms with van der Waals surface area (Å²) in [5, 5.41) is 3.88. The van der Waals surface area contributed by atoms with Gasteiger partial charge >= 0.3 is 0 Å². The molecule has 2 saturated heterocycles. The SMILES string of the molecule is Fc1ccc(-c2noc(CN3CCC(OCC4CCCCO4)CC3)n2)cc1F. The lowest BCUT2D eigenvalue weighted by Crippen LogP contribution is -2.38. The second-order valence-electron chi connectivity index (χ2n) is 7.44. The monoisotopic (exact) mass is 393 g/mol. The zero-order chi connectivity index (χ0) is 19.3. The van der Waals surface area contributed by atoms with E-state index in [0.29, 0.717) is 24.6 Å². The molecular formula is C20H25F2N3O3. The molecule has 2 fully saturated rings. The molecule has 4 rings (SSSR count). The van der Waals surface area contributed by atoms with Gasteiger partial charge in [-0.25, -0.2) is 8.78 Å².